The molecule has 1 amide bonds. The maximum atomic E-state index is 13.4. The molecule has 3 aromatic rings. The zero-order chi connectivity index (χ0) is 24.4. The molecule has 1 aromatic heterocycles. The van der Waals surface area contributed by atoms with E-state index in [9.17, 15) is 22.2 Å². The SMILES string of the molecule is COc1cccc(Oc2nnc(C(F)(F)F)c(C)c2C(=O)Nc2cccc(S(C)(=N)=O)c2)c1. The molecule has 2 N–H and O–H groups in total. The van der Waals surface area contributed by atoms with Crippen LogP contribution in [0.15, 0.2) is 53.4 Å². The Labute approximate surface area is 187 Å². The van der Waals surface area contributed by atoms with Gasteiger partial charge < -0.3 is 14.8 Å². The fourth-order valence-electron chi connectivity index (χ4n) is 2.89. The Kier molecular flexibility index (Phi) is 6.58. The molecular formula is C21H19F3N4O4S. The van der Waals surface area contributed by atoms with E-state index >= 15 is 0 Å². The topological polar surface area (TPSA) is 114 Å². The first kappa shape index (κ1) is 24.0. The molecule has 1 atom stereocenters. The number of nitrogens with one attached hydrogen (secondary N) is 2. The summed E-state index contributed by atoms with van der Waals surface area (Å²) in [6.07, 6.45) is -3.64. The predicted molar refractivity (Wildman–Crippen MR) is 114 cm³/mol. The lowest BCUT2D eigenvalue weighted by molar-refractivity contribution is -0.142. The fourth-order valence-corrected chi connectivity index (χ4v) is 3.58. The molecule has 0 aliphatic carbocycles. The minimum absolute atomic E-state index is 0.136. The number of benzene rings is 2. The number of methoxy groups -OCH3 is 1. The Morgan fingerprint density at radius 3 is 2.39 bits per heavy atom. The molecule has 0 aliphatic rings. The van der Waals surface area contributed by atoms with E-state index in [0.717, 1.165) is 6.92 Å². The van der Waals surface area contributed by atoms with Gasteiger partial charge in [0.1, 0.15) is 17.1 Å². The molecule has 12 heteroatoms. The van der Waals surface area contributed by atoms with Crippen LogP contribution in [0.2, 0.25) is 0 Å². The van der Waals surface area contributed by atoms with Gasteiger partial charge in [0.15, 0.2) is 5.69 Å². The van der Waals surface area contributed by atoms with Crippen molar-refractivity contribution in [2.75, 3.05) is 18.7 Å². The van der Waals surface area contributed by atoms with Gasteiger partial charge in [0.2, 0.25) is 0 Å². The van der Waals surface area contributed by atoms with E-state index in [1.807, 2.05) is 0 Å². The zero-order valence-electron chi connectivity index (χ0n) is 17.7. The second-order valence-corrected chi connectivity index (χ2v) is 9.12. The average molecular weight is 480 g/mol. The van der Waals surface area contributed by atoms with Crippen LogP contribution in [-0.4, -0.2) is 33.7 Å². The van der Waals surface area contributed by atoms with Crippen molar-refractivity contribution in [3.63, 3.8) is 0 Å². The molecule has 2 aromatic carbocycles. The van der Waals surface area contributed by atoms with Crippen molar-refractivity contribution in [3.8, 4) is 17.4 Å². The number of nitrogens with zero attached hydrogens (tertiary/aromatic N) is 2. The molecule has 0 saturated heterocycles. The largest absolute Gasteiger partial charge is 0.497 e. The third-order valence-electron chi connectivity index (χ3n) is 4.48. The van der Waals surface area contributed by atoms with Gasteiger partial charge in [-0.15, -0.1) is 10.2 Å². The summed E-state index contributed by atoms with van der Waals surface area (Å²) in [5, 5.41) is 9.17. The lowest BCUT2D eigenvalue weighted by Crippen LogP contribution is -2.21. The highest BCUT2D eigenvalue weighted by atomic mass is 32.2. The number of ether oxygens (including phenoxy) is 2. The quantitative estimate of drug-likeness (QED) is 0.519. The summed E-state index contributed by atoms with van der Waals surface area (Å²) in [5.74, 6) is -0.804. The van der Waals surface area contributed by atoms with Gasteiger partial charge in [0, 0.05) is 22.9 Å². The van der Waals surface area contributed by atoms with Crippen molar-refractivity contribution in [2.45, 2.75) is 18.0 Å². The van der Waals surface area contributed by atoms with E-state index in [1.54, 1.807) is 12.1 Å². The number of carbonyl (C=O) groups excluding carboxylic acids is 1. The molecule has 174 valence electrons. The first-order chi connectivity index (χ1) is 15.4. The molecule has 33 heavy (non-hydrogen) atoms. The number of hydrogen-bond acceptors (Lipinski definition) is 7. The number of halogens is 3. The summed E-state index contributed by atoms with van der Waals surface area (Å²) in [5.41, 5.74) is -2.16. The van der Waals surface area contributed by atoms with Crippen LogP contribution in [0.3, 0.4) is 0 Å². The van der Waals surface area contributed by atoms with Crippen LogP contribution in [0.25, 0.3) is 0 Å². The maximum absolute atomic E-state index is 13.4. The third-order valence-corrected chi connectivity index (χ3v) is 5.63. The third kappa shape index (κ3) is 5.58. The Hall–Kier alpha value is -3.67. The number of rotatable bonds is 6. The Balaban J connectivity index is 2.06. The predicted octanol–water partition coefficient (Wildman–Crippen LogP) is 4.89. The molecule has 1 heterocycles. The van der Waals surface area contributed by atoms with Crippen molar-refractivity contribution >= 4 is 21.3 Å². The zero-order valence-corrected chi connectivity index (χ0v) is 18.5. The van der Waals surface area contributed by atoms with Gasteiger partial charge in [-0.3, -0.25) is 4.79 Å². The summed E-state index contributed by atoms with van der Waals surface area (Å²) in [4.78, 5) is 13.2. The van der Waals surface area contributed by atoms with Gasteiger partial charge in [-0.25, -0.2) is 8.99 Å². The van der Waals surface area contributed by atoms with E-state index < -0.39 is 44.5 Å². The minimum Gasteiger partial charge on any atom is -0.497 e. The maximum Gasteiger partial charge on any atom is 0.435 e. The molecule has 8 nitrogen and oxygen atoms in total. The standard InChI is InChI=1S/C21H19F3N4O4S/c1-12-17(19(29)26-13-6-4-9-16(10-13)33(3,25)30)20(28-27-18(12)21(22,23)24)32-15-8-5-7-14(11-15)31-2/h4-11,25H,1-3H3,(H,26,29). The van der Waals surface area contributed by atoms with Crippen LogP contribution >= 0.6 is 0 Å². The number of anilines is 1. The first-order valence-corrected chi connectivity index (χ1v) is 11.3. The Morgan fingerprint density at radius 1 is 1.09 bits per heavy atom. The van der Waals surface area contributed by atoms with Gasteiger partial charge in [-0.2, -0.15) is 13.2 Å². The van der Waals surface area contributed by atoms with E-state index in [0.29, 0.717) is 5.75 Å². The van der Waals surface area contributed by atoms with Gasteiger partial charge in [-0.05, 0) is 42.8 Å². The molecule has 0 fully saturated rings. The number of alkyl halides is 3. The monoisotopic (exact) mass is 480 g/mol. The summed E-state index contributed by atoms with van der Waals surface area (Å²) in [6.45, 7) is 1.09. The molecule has 0 aliphatic heterocycles. The molecule has 0 bridgehead atoms. The lowest BCUT2D eigenvalue weighted by Gasteiger charge is -2.16. The van der Waals surface area contributed by atoms with E-state index in [1.165, 1.54) is 49.8 Å². The number of hydrogen-bond donors (Lipinski definition) is 2. The van der Waals surface area contributed by atoms with E-state index in [-0.39, 0.29) is 16.3 Å². The number of amides is 1. The van der Waals surface area contributed by atoms with Gasteiger partial charge >= 0.3 is 6.18 Å². The summed E-state index contributed by atoms with van der Waals surface area (Å²) < 4.78 is 70.6. The molecule has 3 rings (SSSR count). The molecule has 0 spiro atoms. The molecule has 0 radical (unpaired) electrons. The van der Waals surface area contributed by atoms with E-state index in [4.69, 9.17) is 14.3 Å². The van der Waals surface area contributed by atoms with Crippen molar-refractivity contribution in [2.24, 2.45) is 0 Å². The van der Waals surface area contributed by atoms with E-state index in [2.05, 4.69) is 15.5 Å². The van der Waals surface area contributed by atoms with Gasteiger partial charge in [0.25, 0.3) is 11.8 Å². The van der Waals surface area contributed by atoms with Crippen molar-refractivity contribution in [1.82, 2.24) is 10.2 Å². The highest BCUT2D eigenvalue weighted by Crippen LogP contribution is 2.35. The highest BCUT2D eigenvalue weighted by molar-refractivity contribution is 7.91. The van der Waals surface area contributed by atoms with Gasteiger partial charge in [0.05, 0.1) is 16.8 Å². The van der Waals surface area contributed by atoms with Crippen LogP contribution < -0.4 is 14.8 Å². The first-order valence-electron chi connectivity index (χ1n) is 9.31. The fraction of sp³-hybridized carbons (Fsp3) is 0.190. The Bertz CT molecular complexity index is 1310. The second kappa shape index (κ2) is 9.06. The van der Waals surface area contributed by atoms with Crippen molar-refractivity contribution in [1.29, 1.82) is 4.78 Å². The van der Waals surface area contributed by atoms with Crippen LogP contribution in [0.5, 0.6) is 17.4 Å². The van der Waals surface area contributed by atoms with Crippen LogP contribution in [0, 0.1) is 11.7 Å². The summed E-state index contributed by atoms with van der Waals surface area (Å²) in [6, 6.07) is 11.9. The normalized spacial score (nSPS) is 13.2. The molecule has 1 unspecified atom stereocenters. The van der Waals surface area contributed by atoms with Crippen molar-refractivity contribution < 1.29 is 31.6 Å². The molecular weight excluding hydrogens is 461 g/mol. The highest BCUT2D eigenvalue weighted by Gasteiger charge is 2.38. The number of aromatic nitrogens is 2. The minimum atomic E-state index is -4.85. The van der Waals surface area contributed by atoms with Crippen LogP contribution in [0.1, 0.15) is 21.6 Å². The Morgan fingerprint density at radius 2 is 1.76 bits per heavy atom. The van der Waals surface area contributed by atoms with Gasteiger partial charge in [-0.1, -0.05) is 12.1 Å². The average Bonchev–Trinajstić information content (AvgIpc) is 2.72. The smallest absolute Gasteiger partial charge is 0.435 e. The summed E-state index contributed by atoms with van der Waals surface area (Å²) in [7, 11) is -1.64. The summed E-state index contributed by atoms with van der Waals surface area (Å²) >= 11 is 0. The van der Waals surface area contributed by atoms with Crippen LogP contribution in [-0.2, 0) is 15.9 Å². The lowest BCUT2D eigenvalue weighted by atomic mass is 10.1. The second-order valence-electron chi connectivity index (χ2n) is 6.96. The molecule has 0 saturated carbocycles. The van der Waals surface area contributed by atoms with Crippen molar-refractivity contribution in [3.05, 3.63) is 65.4 Å². The number of carbonyl (C=O) groups is 1. The van der Waals surface area contributed by atoms with Crippen LogP contribution in [0.4, 0.5) is 18.9 Å².